The van der Waals surface area contributed by atoms with Crippen LogP contribution in [0.25, 0.3) is 0 Å². The Morgan fingerprint density at radius 1 is 0.778 bits per heavy atom. The van der Waals surface area contributed by atoms with Gasteiger partial charge in [-0.15, -0.1) is 0 Å². The number of fused-ring (bicyclic) bond motifs is 2. The van der Waals surface area contributed by atoms with E-state index < -0.39 is 12.1 Å². The Morgan fingerprint density at radius 2 is 1.30 bits per heavy atom. The highest BCUT2D eigenvalue weighted by molar-refractivity contribution is 5.73. The van der Waals surface area contributed by atoms with E-state index in [0.717, 1.165) is 94.2 Å². The molecule has 4 heterocycles. The van der Waals surface area contributed by atoms with E-state index in [4.69, 9.17) is 25.1 Å². The van der Waals surface area contributed by atoms with Gasteiger partial charge in [-0.05, 0) is 17.2 Å². The van der Waals surface area contributed by atoms with Crippen molar-refractivity contribution in [2.75, 3.05) is 27.3 Å². The summed E-state index contributed by atoms with van der Waals surface area (Å²) >= 11 is 0. The van der Waals surface area contributed by atoms with Crippen molar-refractivity contribution in [2.24, 2.45) is 5.73 Å². The summed E-state index contributed by atoms with van der Waals surface area (Å²) in [4.78, 5) is 22.9. The van der Waals surface area contributed by atoms with E-state index in [-0.39, 0.29) is 0 Å². The Morgan fingerprint density at radius 3 is 1.78 bits per heavy atom. The molecule has 0 saturated heterocycles. The number of benzene rings is 3. The lowest BCUT2D eigenvalue weighted by atomic mass is 10.2. The van der Waals surface area contributed by atoms with Crippen LogP contribution in [-0.4, -0.2) is 73.5 Å². The van der Waals surface area contributed by atoms with Crippen LogP contribution in [0.1, 0.15) is 39.7 Å². The molecule has 7 rings (SSSR count). The van der Waals surface area contributed by atoms with Crippen molar-refractivity contribution < 1.29 is 32.5 Å². The first-order valence-corrected chi connectivity index (χ1v) is 17.6. The molecule has 2 aliphatic rings. The highest BCUT2D eigenvalue weighted by Crippen LogP contribution is 2.25. The van der Waals surface area contributed by atoms with Crippen molar-refractivity contribution in [1.29, 1.82) is 0 Å². The van der Waals surface area contributed by atoms with E-state index in [1.807, 2.05) is 30.6 Å². The first-order valence-electron chi connectivity index (χ1n) is 17.6. The molecular weight excluding hydrogens is 701 g/mol. The van der Waals surface area contributed by atoms with E-state index in [1.165, 1.54) is 22.5 Å². The summed E-state index contributed by atoms with van der Waals surface area (Å²) in [6, 6.07) is 27.2. The van der Waals surface area contributed by atoms with Crippen molar-refractivity contribution >= 4 is 5.97 Å². The van der Waals surface area contributed by atoms with Gasteiger partial charge in [0, 0.05) is 82.9 Å². The molecule has 288 valence electrons. The van der Waals surface area contributed by atoms with Gasteiger partial charge in [0.05, 0.1) is 38.7 Å². The van der Waals surface area contributed by atoms with Gasteiger partial charge in [0.15, 0.2) is 0 Å². The Hall–Kier alpha value is -5.22. The monoisotopic (exact) mass is 748 g/mol. The van der Waals surface area contributed by atoms with Crippen LogP contribution in [0.5, 0.6) is 11.5 Å². The molecule has 0 bridgehead atoms. The molecule has 12 nitrogen and oxygen atoms in total. The lowest BCUT2D eigenvalue weighted by molar-refractivity contribution is -0.192. The molecule has 3 aromatic carbocycles. The quantitative estimate of drug-likeness (QED) is 0.166. The highest BCUT2D eigenvalue weighted by Gasteiger charge is 2.38. The third-order valence-electron chi connectivity index (χ3n) is 9.11. The van der Waals surface area contributed by atoms with Crippen LogP contribution < -0.4 is 20.5 Å². The third kappa shape index (κ3) is 11.1. The summed E-state index contributed by atoms with van der Waals surface area (Å²) in [7, 11) is 3.35. The van der Waals surface area contributed by atoms with Crippen LogP contribution in [0.15, 0.2) is 91.3 Å². The average molecular weight is 749 g/mol. The molecule has 0 aliphatic carbocycles. The highest BCUT2D eigenvalue weighted by atomic mass is 19.4. The van der Waals surface area contributed by atoms with Gasteiger partial charge in [-0.1, -0.05) is 66.7 Å². The van der Waals surface area contributed by atoms with Crippen LogP contribution in [0.2, 0.25) is 0 Å². The minimum atomic E-state index is -5.08. The fraction of sp³-hybridized carbons (Fsp3) is 0.359. The van der Waals surface area contributed by atoms with Crippen molar-refractivity contribution in [3.05, 3.63) is 131 Å². The normalized spacial score (nSPS) is 14.1. The summed E-state index contributed by atoms with van der Waals surface area (Å²) < 4.78 is 47.1. The molecule has 0 atom stereocenters. The number of hydrogen-bond acceptors (Lipinski definition) is 9. The molecule has 0 fully saturated rings. The maximum atomic E-state index is 10.6. The molecule has 0 spiro atoms. The predicted octanol–water partition coefficient (Wildman–Crippen LogP) is 5.20. The number of nitrogens with two attached hydrogens (primary N) is 1. The molecule has 0 saturated carbocycles. The van der Waals surface area contributed by atoms with Gasteiger partial charge in [-0.2, -0.15) is 13.2 Å². The minimum Gasteiger partial charge on any atom is -0.497 e. The SMILES string of the molecule is COc1ccc(CNCc2ncc3n2CCN(Cc2ccccc2)C3)c(OC)c1.NCc1ncc2n1CCN(Cc1ccccc1)C2.O=C(O)C(F)(F)F. The fourth-order valence-electron chi connectivity index (χ4n) is 6.37. The second kappa shape index (κ2) is 19.2. The van der Waals surface area contributed by atoms with Crippen molar-refractivity contribution in [1.82, 2.24) is 34.2 Å². The first kappa shape index (κ1) is 40.0. The first-order chi connectivity index (χ1) is 26.1. The number of aromatic nitrogens is 4. The number of alkyl halides is 3. The van der Waals surface area contributed by atoms with Crippen LogP contribution in [-0.2, 0) is 63.7 Å². The smallest absolute Gasteiger partial charge is 0.490 e. The molecule has 15 heteroatoms. The minimum absolute atomic E-state index is 0.526. The second-order valence-electron chi connectivity index (χ2n) is 12.8. The Labute approximate surface area is 313 Å². The number of nitrogens with one attached hydrogen (secondary N) is 1. The lowest BCUT2D eigenvalue weighted by Crippen LogP contribution is -2.34. The van der Waals surface area contributed by atoms with Gasteiger partial charge in [-0.25, -0.2) is 14.8 Å². The number of aliphatic carboxylic acids is 1. The zero-order chi connectivity index (χ0) is 38.5. The number of rotatable bonds is 11. The predicted molar refractivity (Wildman–Crippen MR) is 197 cm³/mol. The number of ether oxygens (including phenoxy) is 2. The third-order valence-corrected chi connectivity index (χ3v) is 9.11. The molecule has 0 amide bonds. The summed E-state index contributed by atoms with van der Waals surface area (Å²) in [6.45, 7) is 9.93. The van der Waals surface area contributed by atoms with E-state index in [1.54, 1.807) is 14.2 Å². The van der Waals surface area contributed by atoms with Gasteiger partial charge in [0.2, 0.25) is 0 Å². The van der Waals surface area contributed by atoms with Crippen molar-refractivity contribution in [3.63, 3.8) is 0 Å². The second-order valence-corrected chi connectivity index (χ2v) is 12.8. The fourth-order valence-corrected chi connectivity index (χ4v) is 6.37. The lowest BCUT2D eigenvalue weighted by Gasteiger charge is -2.29. The van der Waals surface area contributed by atoms with Gasteiger partial charge in [0.25, 0.3) is 0 Å². The number of nitrogens with zero attached hydrogens (tertiary/aromatic N) is 6. The molecule has 5 aromatic rings. The zero-order valence-corrected chi connectivity index (χ0v) is 30.5. The molecular formula is C39H47F3N8O4. The average Bonchev–Trinajstić information content (AvgIpc) is 3.79. The van der Waals surface area contributed by atoms with E-state index in [0.29, 0.717) is 6.54 Å². The molecule has 0 unspecified atom stereocenters. The molecule has 54 heavy (non-hydrogen) atoms. The van der Waals surface area contributed by atoms with E-state index in [2.05, 4.69) is 94.9 Å². The number of imidazole rings is 2. The zero-order valence-electron chi connectivity index (χ0n) is 30.5. The number of carboxylic acids is 1. The summed E-state index contributed by atoms with van der Waals surface area (Å²) in [5.74, 6) is 0.968. The van der Waals surface area contributed by atoms with Crippen molar-refractivity contribution in [2.45, 2.75) is 65.1 Å². The van der Waals surface area contributed by atoms with Crippen LogP contribution in [0.3, 0.4) is 0 Å². The maximum Gasteiger partial charge on any atom is 0.490 e. The molecule has 2 aliphatic heterocycles. The number of methoxy groups -OCH3 is 2. The van der Waals surface area contributed by atoms with Gasteiger partial charge >= 0.3 is 12.1 Å². The number of carboxylic acid groups (broad SMARTS) is 1. The maximum absolute atomic E-state index is 10.6. The topological polar surface area (TPSA) is 136 Å². The largest absolute Gasteiger partial charge is 0.497 e. The number of hydrogen-bond donors (Lipinski definition) is 3. The van der Waals surface area contributed by atoms with Gasteiger partial charge in [-0.3, -0.25) is 9.80 Å². The van der Waals surface area contributed by atoms with Gasteiger partial charge in [0.1, 0.15) is 23.1 Å². The van der Waals surface area contributed by atoms with E-state index >= 15 is 0 Å². The van der Waals surface area contributed by atoms with Crippen LogP contribution in [0.4, 0.5) is 13.2 Å². The van der Waals surface area contributed by atoms with Gasteiger partial charge < -0.3 is 34.8 Å². The van der Waals surface area contributed by atoms with Crippen LogP contribution in [0, 0.1) is 0 Å². The van der Waals surface area contributed by atoms with Crippen LogP contribution >= 0.6 is 0 Å². The Balaban J connectivity index is 0.000000190. The summed E-state index contributed by atoms with van der Waals surface area (Å²) in [6.07, 6.45) is -1.11. The number of carbonyl (C=O) groups is 1. The molecule has 4 N–H and O–H groups in total. The summed E-state index contributed by atoms with van der Waals surface area (Å²) in [5, 5.41) is 10.6. The number of halogens is 3. The Kier molecular flexibility index (Phi) is 14.2. The van der Waals surface area contributed by atoms with E-state index in [9.17, 15) is 13.2 Å². The molecule has 2 aromatic heterocycles. The standard InChI is InChI=1S/C23H28N4O2.C14H18N4.C2HF3O2/c1-28-21-9-8-19(22(12-21)29-2)13-24-15-23-25-14-20-17-26(10-11-27(20)23)16-18-6-4-3-5-7-18;15-8-14-16-9-13-11-17(6-7-18(13)14)10-12-4-2-1-3-5-12;3-2(4,5)1(6)7/h3-9,12,14,24H,10-11,13,15-17H2,1-2H3;1-5,9H,6-8,10-11,15H2;(H,6,7). The summed E-state index contributed by atoms with van der Waals surface area (Å²) in [5.41, 5.74) is 12.1. The van der Waals surface area contributed by atoms with Crippen molar-refractivity contribution in [3.8, 4) is 11.5 Å². The Bertz CT molecular complexity index is 1920. The molecule has 0 radical (unpaired) electrons.